The van der Waals surface area contributed by atoms with E-state index in [-0.39, 0.29) is 6.10 Å². The Balaban J connectivity index is 2.09. The van der Waals surface area contributed by atoms with Crippen LogP contribution in [0.15, 0.2) is 12.4 Å². The van der Waals surface area contributed by atoms with E-state index in [1.807, 2.05) is 13.2 Å². The van der Waals surface area contributed by atoms with Crippen molar-refractivity contribution in [3.8, 4) is 0 Å². The molecule has 2 unspecified atom stereocenters. The third-order valence-electron chi connectivity index (χ3n) is 3.55. The molecule has 0 aliphatic carbocycles. The summed E-state index contributed by atoms with van der Waals surface area (Å²) in [6, 6.07) is 0. The van der Waals surface area contributed by atoms with Crippen LogP contribution in [0, 0.1) is 5.92 Å². The molecule has 1 N–H and O–H groups in total. The molecular formula is C13H22N4O. The zero-order chi connectivity index (χ0) is 13.0. The summed E-state index contributed by atoms with van der Waals surface area (Å²) >= 11 is 0. The number of hydrogen-bond acceptors (Lipinski definition) is 5. The molecule has 0 saturated carbocycles. The van der Waals surface area contributed by atoms with Crippen LogP contribution in [-0.2, 0) is 11.3 Å². The largest absolute Gasteiger partial charge is 0.379 e. The summed E-state index contributed by atoms with van der Waals surface area (Å²) in [5.41, 5.74) is 0.975. The summed E-state index contributed by atoms with van der Waals surface area (Å²) in [5.74, 6) is 1.57. The average Bonchev–Trinajstić information content (AvgIpc) is 2.40. The quantitative estimate of drug-likeness (QED) is 0.866. The van der Waals surface area contributed by atoms with Crippen LogP contribution in [0.1, 0.15) is 19.0 Å². The third kappa shape index (κ3) is 2.97. The van der Waals surface area contributed by atoms with Gasteiger partial charge in [-0.25, -0.2) is 4.98 Å². The molecule has 0 radical (unpaired) electrons. The molecule has 0 bridgehead atoms. The number of aromatic nitrogens is 2. The molecule has 2 heterocycles. The van der Waals surface area contributed by atoms with Crippen molar-refractivity contribution in [1.82, 2.24) is 15.3 Å². The lowest BCUT2D eigenvalue weighted by Crippen LogP contribution is -2.44. The highest BCUT2D eigenvalue weighted by molar-refractivity contribution is 5.37. The Morgan fingerprint density at radius 2 is 2.33 bits per heavy atom. The number of piperidine rings is 1. The number of methoxy groups -OCH3 is 1. The monoisotopic (exact) mass is 250 g/mol. The Kier molecular flexibility index (Phi) is 4.49. The average molecular weight is 250 g/mol. The first-order valence-corrected chi connectivity index (χ1v) is 6.48. The zero-order valence-corrected chi connectivity index (χ0v) is 11.4. The van der Waals surface area contributed by atoms with Crippen LogP contribution in [0.4, 0.5) is 5.82 Å². The Morgan fingerprint density at radius 1 is 1.50 bits per heavy atom. The standard InChI is InChI=1S/C13H22N4O/c1-10-4-5-17(9-12(10)18-3)13-8-15-7-11(16-13)6-14-2/h7-8,10,12,14H,4-6,9H2,1-3H3. The highest BCUT2D eigenvalue weighted by Crippen LogP contribution is 2.23. The van der Waals surface area contributed by atoms with Crippen molar-refractivity contribution in [2.45, 2.75) is 26.0 Å². The molecule has 0 aromatic carbocycles. The van der Waals surface area contributed by atoms with Crippen LogP contribution >= 0.6 is 0 Å². The normalized spacial score (nSPS) is 24.3. The van der Waals surface area contributed by atoms with Crippen molar-refractivity contribution in [1.29, 1.82) is 0 Å². The van der Waals surface area contributed by atoms with Gasteiger partial charge in [-0.2, -0.15) is 0 Å². The molecule has 0 spiro atoms. The van der Waals surface area contributed by atoms with E-state index < -0.39 is 0 Å². The summed E-state index contributed by atoms with van der Waals surface area (Å²) < 4.78 is 5.53. The summed E-state index contributed by atoms with van der Waals surface area (Å²) in [5, 5.41) is 3.10. The molecular weight excluding hydrogens is 228 g/mol. The van der Waals surface area contributed by atoms with E-state index in [2.05, 4.69) is 27.1 Å². The van der Waals surface area contributed by atoms with E-state index in [1.165, 1.54) is 0 Å². The predicted octanol–water partition coefficient (Wildman–Crippen LogP) is 1.06. The fourth-order valence-corrected chi connectivity index (χ4v) is 2.36. The van der Waals surface area contributed by atoms with Crippen molar-refractivity contribution in [2.75, 3.05) is 32.1 Å². The fraction of sp³-hybridized carbons (Fsp3) is 0.692. The molecule has 1 saturated heterocycles. The third-order valence-corrected chi connectivity index (χ3v) is 3.55. The van der Waals surface area contributed by atoms with Gasteiger partial charge in [-0.05, 0) is 19.4 Å². The van der Waals surface area contributed by atoms with E-state index >= 15 is 0 Å². The topological polar surface area (TPSA) is 50.3 Å². The first-order valence-electron chi connectivity index (χ1n) is 6.48. The number of nitrogens with one attached hydrogen (secondary N) is 1. The first-order chi connectivity index (χ1) is 8.74. The van der Waals surface area contributed by atoms with Crippen LogP contribution in [0.2, 0.25) is 0 Å². The van der Waals surface area contributed by atoms with E-state index in [1.54, 1.807) is 13.3 Å². The number of hydrogen-bond donors (Lipinski definition) is 1. The van der Waals surface area contributed by atoms with Gasteiger partial charge in [-0.3, -0.25) is 4.98 Å². The van der Waals surface area contributed by atoms with Gasteiger partial charge in [-0.15, -0.1) is 0 Å². The summed E-state index contributed by atoms with van der Waals surface area (Å²) in [6.07, 6.45) is 5.06. The number of rotatable bonds is 4. The van der Waals surface area contributed by atoms with E-state index in [9.17, 15) is 0 Å². The van der Waals surface area contributed by atoms with Crippen molar-refractivity contribution in [2.24, 2.45) is 5.92 Å². The summed E-state index contributed by atoms with van der Waals surface area (Å²) in [6.45, 7) is 4.92. The van der Waals surface area contributed by atoms with Crippen LogP contribution in [-0.4, -0.2) is 43.3 Å². The van der Waals surface area contributed by atoms with Crippen LogP contribution in [0.5, 0.6) is 0 Å². The Hall–Kier alpha value is -1.20. The lowest BCUT2D eigenvalue weighted by molar-refractivity contribution is 0.0496. The van der Waals surface area contributed by atoms with Crippen LogP contribution < -0.4 is 10.2 Å². The van der Waals surface area contributed by atoms with Gasteiger partial charge in [0.05, 0.1) is 18.0 Å². The van der Waals surface area contributed by atoms with E-state index in [4.69, 9.17) is 4.74 Å². The Bertz CT molecular complexity index is 385. The van der Waals surface area contributed by atoms with Crippen molar-refractivity contribution < 1.29 is 4.74 Å². The SMILES string of the molecule is CNCc1cncc(N2CCC(C)C(OC)C2)n1. The highest BCUT2D eigenvalue weighted by atomic mass is 16.5. The van der Waals surface area contributed by atoms with Gasteiger partial charge >= 0.3 is 0 Å². The minimum Gasteiger partial charge on any atom is -0.379 e. The minimum absolute atomic E-state index is 0.286. The van der Waals surface area contributed by atoms with Gasteiger partial charge in [0.2, 0.25) is 0 Å². The first kappa shape index (κ1) is 13.2. The van der Waals surface area contributed by atoms with Crippen LogP contribution in [0.3, 0.4) is 0 Å². The molecule has 1 aromatic rings. The Labute approximate surface area is 109 Å². The molecule has 18 heavy (non-hydrogen) atoms. The molecule has 1 aromatic heterocycles. The summed E-state index contributed by atoms with van der Waals surface area (Å²) in [4.78, 5) is 11.2. The zero-order valence-electron chi connectivity index (χ0n) is 11.4. The van der Waals surface area contributed by atoms with Gasteiger partial charge in [0.25, 0.3) is 0 Å². The smallest absolute Gasteiger partial charge is 0.147 e. The second-order valence-corrected chi connectivity index (χ2v) is 4.89. The lowest BCUT2D eigenvalue weighted by Gasteiger charge is -2.36. The van der Waals surface area contributed by atoms with Gasteiger partial charge in [0, 0.05) is 32.9 Å². The molecule has 5 heteroatoms. The van der Waals surface area contributed by atoms with Crippen LogP contribution in [0.25, 0.3) is 0 Å². The maximum Gasteiger partial charge on any atom is 0.147 e. The molecule has 1 aliphatic heterocycles. The van der Waals surface area contributed by atoms with E-state index in [0.29, 0.717) is 5.92 Å². The number of ether oxygens (including phenoxy) is 1. The summed E-state index contributed by atoms with van der Waals surface area (Å²) in [7, 11) is 3.70. The lowest BCUT2D eigenvalue weighted by atomic mass is 9.96. The molecule has 5 nitrogen and oxygen atoms in total. The van der Waals surface area contributed by atoms with Gasteiger partial charge in [0.15, 0.2) is 0 Å². The second-order valence-electron chi connectivity index (χ2n) is 4.89. The van der Waals surface area contributed by atoms with Gasteiger partial charge in [-0.1, -0.05) is 6.92 Å². The number of nitrogens with zero attached hydrogens (tertiary/aromatic N) is 3. The number of anilines is 1. The maximum absolute atomic E-state index is 5.53. The van der Waals surface area contributed by atoms with Crippen molar-refractivity contribution >= 4 is 5.82 Å². The molecule has 1 aliphatic rings. The minimum atomic E-state index is 0.286. The molecule has 2 rings (SSSR count). The Morgan fingerprint density at radius 3 is 3.06 bits per heavy atom. The fourth-order valence-electron chi connectivity index (χ4n) is 2.36. The van der Waals surface area contributed by atoms with Crippen molar-refractivity contribution in [3.63, 3.8) is 0 Å². The molecule has 1 fully saturated rings. The molecule has 0 amide bonds. The highest BCUT2D eigenvalue weighted by Gasteiger charge is 2.26. The van der Waals surface area contributed by atoms with Crippen molar-refractivity contribution in [3.05, 3.63) is 18.1 Å². The molecule has 100 valence electrons. The molecule has 2 atom stereocenters. The van der Waals surface area contributed by atoms with Gasteiger partial charge < -0.3 is 15.0 Å². The maximum atomic E-state index is 5.53. The van der Waals surface area contributed by atoms with Gasteiger partial charge in [0.1, 0.15) is 5.82 Å². The second kappa shape index (κ2) is 6.11. The predicted molar refractivity (Wildman–Crippen MR) is 71.6 cm³/mol. The van der Waals surface area contributed by atoms with E-state index in [0.717, 1.165) is 37.6 Å².